The Bertz CT molecular complexity index is 7650. The number of hydrazone groups is 1. The fraction of sp³-hybridized carbons (Fsp3) is 0. The summed E-state index contributed by atoms with van der Waals surface area (Å²) in [7, 11) is 0. The van der Waals surface area contributed by atoms with Crippen LogP contribution < -0.4 is 25.0 Å². The van der Waals surface area contributed by atoms with Crippen molar-refractivity contribution in [3.05, 3.63) is 479 Å². The van der Waals surface area contributed by atoms with Crippen molar-refractivity contribution in [2.24, 2.45) is 5.10 Å². The zero-order valence-corrected chi connectivity index (χ0v) is 70.3. The molecule has 0 atom stereocenters. The van der Waals surface area contributed by atoms with E-state index in [4.69, 9.17) is 30.9 Å². The van der Waals surface area contributed by atoms with Gasteiger partial charge in [-0.15, -0.1) is 30.6 Å². The van der Waals surface area contributed by atoms with Gasteiger partial charge in [0.2, 0.25) is 0 Å². The molecule has 0 unspecified atom stereocenters. The largest absolute Gasteiger partial charge is 0.311 e. The van der Waals surface area contributed by atoms with E-state index in [0.29, 0.717) is 11.2 Å². The van der Waals surface area contributed by atoms with Crippen LogP contribution in [-0.2, 0) is 0 Å². The lowest BCUT2D eigenvalue weighted by molar-refractivity contribution is 0.765. The van der Waals surface area contributed by atoms with Gasteiger partial charge in [-0.05, 0) is 298 Å². The summed E-state index contributed by atoms with van der Waals surface area (Å²) in [4.78, 5) is 14.2. The summed E-state index contributed by atoms with van der Waals surface area (Å²) in [6.07, 6.45) is 5.64. The average Bonchev–Trinajstić information content (AvgIpc) is 1.53. The maximum Gasteiger partial charge on any atom is 0.116 e. The summed E-state index contributed by atoms with van der Waals surface area (Å²) in [5.41, 5.74) is 37.6. The molecule has 130 heavy (non-hydrogen) atoms. The number of aromatic nitrogens is 9. The van der Waals surface area contributed by atoms with E-state index in [1.807, 2.05) is 103 Å². The predicted octanol–water partition coefficient (Wildman–Crippen LogP) is 28.5. The third-order valence-corrected chi connectivity index (χ3v) is 23.6. The molecule has 22 rings (SSSR count). The lowest BCUT2D eigenvalue weighted by atomic mass is 9.94. The zero-order chi connectivity index (χ0) is 86.6. The maximum absolute atomic E-state index is 9.09. The molecule has 0 spiro atoms. The Hall–Kier alpha value is -18.0. The van der Waals surface area contributed by atoms with Gasteiger partial charge in [-0.3, -0.25) is 10.8 Å². The lowest BCUT2D eigenvalue weighted by Crippen LogP contribution is -2.17. The molecule has 0 fully saturated rings. The standard InChI is InChI=1S/C114H80N16/c115-107-27-17-26-106(89-52-77-112-113(78-89)123-130(122-112)105-75-71-102(72-76-105)127(94-24-11-4-12-25-94)100-65-46-86(47-66-100)85-44-63-99(64-45-85)126(93-22-9-3-10-23-93)101-69-73-104(74-70-101)129-120-110-30-15-16-31-111(110)121-129)114(107)117-116-90-53-36-81(37-54-90)84-42-59-97(60-43-84)124(91-18-5-1-6-19-91)95-55-38-82(39-56-95)79-32-34-80(35-33-79)83-40-57-96(58-41-83)125(92-20-7-2-8-21-92)98-61-48-87(49-62-98)88-50-67-103(68-51-88)128-118-108-28-13-14-29-109(108)119-128/h1-78,115-116H/b115-107?,117-114-. The molecule has 0 saturated heterocycles. The Balaban J connectivity index is 0.444. The third-order valence-electron chi connectivity index (χ3n) is 23.6. The van der Waals surface area contributed by atoms with Gasteiger partial charge in [0.1, 0.15) is 38.8 Å². The van der Waals surface area contributed by atoms with Gasteiger partial charge in [0.15, 0.2) is 0 Å². The van der Waals surface area contributed by atoms with Crippen LogP contribution in [0.2, 0.25) is 0 Å². The highest BCUT2D eigenvalue weighted by Crippen LogP contribution is 2.43. The highest BCUT2D eigenvalue weighted by atomic mass is 15.5. The van der Waals surface area contributed by atoms with E-state index < -0.39 is 0 Å². The van der Waals surface area contributed by atoms with Crippen molar-refractivity contribution < 1.29 is 0 Å². The van der Waals surface area contributed by atoms with Gasteiger partial charge >= 0.3 is 0 Å². The van der Waals surface area contributed by atoms with E-state index in [1.165, 1.54) is 0 Å². The molecule has 0 amide bonds. The van der Waals surface area contributed by atoms with Crippen molar-refractivity contribution in [1.29, 1.82) is 5.41 Å². The quantitative estimate of drug-likeness (QED) is 0.0465. The molecule has 3 heterocycles. The number of nitrogens with one attached hydrogen (secondary N) is 2. The minimum absolute atomic E-state index is 0.289. The first-order chi connectivity index (χ1) is 64.3. The average molecular weight is 1670 g/mol. The number of benzene rings is 18. The van der Waals surface area contributed by atoms with Crippen molar-refractivity contribution >= 4 is 124 Å². The zero-order valence-electron chi connectivity index (χ0n) is 70.3. The Morgan fingerprint density at radius 2 is 0.431 bits per heavy atom. The van der Waals surface area contributed by atoms with Crippen LogP contribution in [0.25, 0.3) is 111 Å². The van der Waals surface area contributed by atoms with Crippen LogP contribution in [0.4, 0.5) is 73.9 Å². The first-order valence-electron chi connectivity index (χ1n) is 43.2. The summed E-state index contributed by atoms with van der Waals surface area (Å²) >= 11 is 0. The normalized spacial score (nSPS) is 12.2. The molecule has 21 aromatic rings. The highest BCUT2D eigenvalue weighted by Gasteiger charge is 2.23. The molecule has 16 nitrogen and oxygen atoms in total. The van der Waals surface area contributed by atoms with Gasteiger partial charge in [-0.1, -0.05) is 237 Å². The molecule has 616 valence electrons. The Morgan fingerprint density at radius 3 is 0.723 bits per heavy atom. The third kappa shape index (κ3) is 16.0. The Morgan fingerprint density at radius 1 is 0.215 bits per heavy atom. The summed E-state index contributed by atoms with van der Waals surface area (Å²) in [6, 6.07) is 158. The molecular formula is C114H80N16. The molecule has 0 bridgehead atoms. The number of fused-ring (bicyclic) bond motifs is 3. The molecule has 0 aliphatic heterocycles. The summed E-state index contributed by atoms with van der Waals surface area (Å²) < 4.78 is 0. The lowest BCUT2D eigenvalue weighted by Gasteiger charge is -2.26. The van der Waals surface area contributed by atoms with E-state index in [-0.39, 0.29) is 5.71 Å². The fourth-order valence-electron chi connectivity index (χ4n) is 16.9. The Labute approximate surface area is 751 Å². The summed E-state index contributed by atoms with van der Waals surface area (Å²) in [5.74, 6) is 0. The maximum atomic E-state index is 9.09. The number of allylic oxidation sites excluding steroid dienone is 4. The molecule has 1 aliphatic rings. The van der Waals surface area contributed by atoms with E-state index in [9.17, 15) is 0 Å². The van der Waals surface area contributed by atoms with Crippen molar-refractivity contribution in [3.63, 3.8) is 0 Å². The first kappa shape index (κ1) is 78.0. The number of hydrogen-bond acceptors (Lipinski definition) is 13. The molecule has 2 N–H and O–H groups in total. The number of nitrogens with zero attached hydrogens (tertiary/aromatic N) is 14. The van der Waals surface area contributed by atoms with E-state index in [1.54, 1.807) is 20.5 Å². The monoisotopic (exact) mass is 1670 g/mol. The van der Waals surface area contributed by atoms with Crippen molar-refractivity contribution in [3.8, 4) is 72.7 Å². The van der Waals surface area contributed by atoms with E-state index in [0.717, 1.165) is 185 Å². The Kier molecular flexibility index (Phi) is 20.8. The number of hydrogen-bond donors (Lipinski definition) is 2. The van der Waals surface area contributed by atoms with Gasteiger partial charge in [-0.25, -0.2) is 0 Å². The molecule has 16 heteroatoms. The molecule has 1 aliphatic carbocycles. The second kappa shape index (κ2) is 34.6. The molecular weight excluding hydrogens is 1590 g/mol. The van der Waals surface area contributed by atoms with Crippen LogP contribution in [0, 0.1) is 5.41 Å². The minimum atomic E-state index is 0.289. The van der Waals surface area contributed by atoms with Crippen LogP contribution in [0.5, 0.6) is 0 Å². The van der Waals surface area contributed by atoms with Gasteiger partial charge in [0.25, 0.3) is 0 Å². The van der Waals surface area contributed by atoms with Gasteiger partial charge in [0.05, 0.1) is 28.5 Å². The summed E-state index contributed by atoms with van der Waals surface area (Å²) in [5, 5.41) is 42.7. The first-order valence-corrected chi connectivity index (χ1v) is 43.2. The number of rotatable bonds is 23. The minimum Gasteiger partial charge on any atom is -0.311 e. The number of anilines is 13. The van der Waals surface area contributed by atoms with Crippen molar-refractivity contribution in [1.82, 2.24) is 45.0 Å². The van der Waals surface area contributed by atoms with Gasteiger partial charge in [-0.2, -0.15) is 19.5 Å². The highest BCUT2D eigenvalue weighted by molar-refractivity contribution is 6.61. The van der Waals surface area contributed by atoms with Crippen molar-refractivity contribution in [2.75, 3.05) is 25.0 Å². The predicted molar refractivity (Wildman–Crippen MR) is 532 cm³/mol. The van der Waals surface area contributed by atoms with Crippen LogP contribution in [0.3, 0.4) is 0 Å². The SMILES string of the molecule is N=C1C=CC=C(c2ccc3nn(-c4ccc(N(c5ccccc5)c5ccc(-c6ccc(N(c7ccccc7)c7ccc(-n8nc9ccccc9n8)cc7)cc6)cc5)cc4)nc3c2)/C1=N/Nc1ccc(-c2ccc(N(c3ccccc3)c3ccc(-c4ccc(-c5ccc(N(c6ccccc6)c6ccc(-c7ccc(-n8nc9ccccc9n8)cc7)cc6)cc5)cc4)cc3)cc2)cc1. The fourth-order valence-corrected chi connectivity index (χ4v) is 16.9. The molecule has 0 radical (unpaired) electrons. The number of para-hydroxylation sites is 4. The second-order valence-electron chi connectivity index (χ2n) is 31.8. The van der Waals surface area contributed by atoms with Gasteiger partial charge in [0, 0.05) is 73.8 Å². The van der Waals surface area contributed by atoms with Gasteiger partial charge < -0.3 is 19.6 Å². The second-order valence-corrected chi connectivity index (χ2v) is 31.8. The van der Waals surface area contributed by atoms with Crippen LogP contribution >= 0.6 is 0 Å². The molecule has 3 aromatic heterocycles. The van der Waals surface area contributed by atoms with E-state index in [2.05, 4.69) is 399 Å². The topological polar surface area (TPSA) is 153 Å². The smallest absolute Gasteiger partial charge is 0.116 e. The van der Waals surface area contributed by atoms with Crippen LogP contribution in [0.15, 0.2) is 478 Å². The van der Waals surface area contributed by atoms with E-state index >= 15 is 0 Å². The molecule has 0 saturated carbocycles. The van der Waals surface area contributed by atoms with Crippen molar-refractivity contribution in [2.45, 2.75) is 0 Å². The summed E-state index contributed by atoms with van der Waals surface area (Å²) in [6.45, 7) is 0. The van der Waals surface area contributed by atoms with Crippen LogP contribution in [0.1, 0.15) is 5.56 Å². The molecule has 18 aromatic carbocycles. The van der Waals surface area contributed by atoms with Crippen LogP contribution in [-0.4, -0.2) is 56.4 Å².